The molecule has 0 radical (unpaired) electrons. The van der Waals surface area contributed by atoms with Crippen LogP contribution in [0.25, 0.3) is 0 Å². The minimum absolute atomic E-state index is 0.284. The number of nitrogens with two attached hydrogens (primary N) is 1. The lowest BCUT2D eigenvalue weighted by molar-refractivity contribution is 0.545. The zero-order valence-electron chi connectivity index (χ0n) is 11.2. The first-order chi connectivity index (χ1) is 8.08. The predicted molar refractivity (Wildman–Crippen MR) is 74.5 cm³/mol. The second-order valence-corrected chi connectivity index (χ2v) is 5.77. The maximum Gasteiger partial charge on any atom is 0.0402 e. The third kappa shape index (κ3) is 2.81. The van der Waals surface area contributed by atoms with Crippen molar-refractivity contribution < 1.29 is 0 Å². The van der Waals surface area contributed by atoms with Gasteiger partial charge in [-0.15, -0.1) is 0 Å². The van der Waals surface area contributed by atoms with Gasteiger partial charge in [0.05, 0.1) is 0 Å². The fourth-order valence-corrected chi connectivity index (χ4v) is 2.85. The van der Waals surface area contributed by atoms with Gasteiger partial charge < -0.3 is 10.6 Å². The highest BCUT2D eigenvalue weighted by Gasteiger charge is 2.28. The molecule has 0 amide bonds. The molecule has 1 aromatic rings. The van der Waals surface area contributed by atoms with Gasteiger partial charge in [0.2, 0.25) is 0 Å². The van der Waals surface area contributed by atoms with Crippen LogP contribution in [0, 0.1) is 5.92 Å². The molecule has 0 spiro atoms. The highest BCUT2D eigenvalue weighted by molar-refractivity contribution is 5.60. The molecule has 2 heteroatoms. The average molecular weight is 232 g/mol. The first-order valence-electron chi connectivity index (χ1n) is 6.67. The smallest absolute Gasteiger partial charge is 0.0402 e. The van der Waals surface area contributed by atoms with Gasteiger partial charge in [0.25, 0.3) is 0 Å². The Morgan fingerprint density at radius 2 is 2.00 bits per heavy atom. The van der Waals surface area contributed by atoms with Gasteiger partial charge in [0.1, 0.15) is 0 Å². The van der Waals surface area contributed by atoms with Gasteiger partial charge in [-0.1, -0.05) is 32.0 Å². The molecule has 2 atom stereocenters. The van der Waals surface area contributed by atoms with E-state index in [9.17, 15) is 0 Å². The summed E-state index contributed by atoms with van der Waals surface area (Å²) in [4.78, 5) is 2.52. The molecule has 0 aromatic heterocycles. The standard InChI is InChI=1S/C15H24N2/c1-11(2)9-17-10-13(8-12(3)16)14-6-4-5-7-15(14)17/h4-7,11-13H,8-10,16H2,1-3H3. The van der Waals surface area contributed by atoms with Gasteiger partial charge in [-0.3, -0.25) is 0 Å². The van der Waals surface area contributed by atoms with Gasteiger partial charge >= 0.3 is 0 Å². The topological polar surface area (TPSA) is 29.3 Å². The van der Waals surface area contributed by atoms with E-state index in [0.29, 0.717) is 11.8 Å². The van der Waals surface area contributed by atoms with Crippen molar-refractivity contribution in [3.63, 3.8) is 0 Å². The molecule has 2 unspecified atom stereocenters. The molecule has 1 aliphatic rings. The predicted octanol–water partition coefficient (Wildman–Crippen LogP) is 2.98. The van der Waals surface area contributed by atoms with Crippen molar-refractivity contribution in [3.05, 3.63) is 29.8 Å². The third-order valence-electron chi connectivity index (χ3n) is 3.40. The molecule has 2 nitrogen and oxygen atoms in total. The summed E-state index contributed by atoms with van der Waals surface area (Å²) in [5.41, 5.74) is 8.87. The van der Waals surface area contributed by atoms with Gasteiger partial charge in [-0.2, -0.15) is 0 Å². The molecular weight excluding hydrogens is 208 g/mol. The van der Waals surface area contributed by atoms with Crippen LogP contribution >= 0.6 is 0 Å². The van der Waals surface area contributed by atoms with E-state index in [0.717, 1.165) is 19.5 Å². The second-order valence-electron chi connectivity index (χ2n) is 5.77. The molecule has 0 saturated heterocycles. The van der Waals surface area contributed by atoms with Crippen LogP contribution < -0.4 is 10.6 Å². The van der Waals surface area contributed by atoms with Crippen LogP contribution in [0.1, 0.15) is 38.7 Å². The summed E-state index contributed by atoms with van der Waals surface area (Å²) in [5.74, 6) is 1.32. The van der Waals surface area contributed by atoms with Gasteiger partial charge in [0, 0.05) is 30.7 Å². The molecule has 1 aliphatic heterocycles. The van der Waals surface area contributed by atoms with E-state index in [4.69, 9.17) is 5.73 Å². The van der Waals surface area contributed by atoms with E-state index in [1.165, 1.54) is 11.3 Å². The van der Waals surface area contributed by atoms with Crippen molar-refractivity contribution in [3.8, 4) is 0 Å². The number of para-hydroxylation sites is 1. The summed E-state index contributed by atoms with van der Waals surface area (Å²) in [6.45, 7) is 8.95. The van der Waals surface area contributed by atoms with Crippen molar-refractivity contribution >= 4 is 5.69 Å². The monoisotopic (exact) mass is 232 g/mol. The Kier molecular flexibility index (Phi) is 3.72. The van der Waals surface area contributed by atoms with Gasteiger partial charge in [-0.25, -0.2) is 0 Å². The Hall–Kier alpha value is -1.02. The number of nitrogens with zero attached hydrogens (tertiary/aromatic N) is 1. The normalized spacial score (nSPS) is 20.8. The number of hydrogen-bond acceptors (Lipinski definition) is 2. The zero-order valence-corrected chi connectivity index (χ0v) is 11.2. The molecule has 0 saturated carbocycles. The van der Waals surface area contributed by atoms with Crippen LogP contribution in [0.3, 0.4) is 0 Å². The van der Waals surface area contributed by atoms with Crippen LogP contribution in [0.4, 0.5) is 5.69 Å². The van der Waals surface area contributed by atoms with Crippen LogP contribution in [0.15, 0.2) is 24.3 Å². The molecule has 94 valence electrons. The zero-order chi connectivity index (χ0) is 12.4. The molecule has 0 fully saturated rings. The quantitative estimate of drug-likeness (QED) is 0.864. The lowest BCUT2D eigenvalue weighted by atomic mass is 9.95. The Morgan fingerprint density at radius 3 is 2.65 bits per heavy atom. The van der Waals surface area contributed by atoms with Crippen LogP contribution in [0.2, 0.25) is 0 Å². The lowest BCUT2D eigenvalue weighted by Crippen LogP contribution is -2.28. The Labute approximate surface area is 105 Å². The molecule has 2 N–H and O–H groups in total. The molecule has 2 rings (SSSR count). The molecule has 1 heterocycles. The summed E-state index contributed by atoms with van der Waals surface area (Å²) in [6.07, 6.45) is 1.09. The van der Waals surface area contributed by atoms with Gasteiger partial charge in [0.15, 0.2) is 0 Å². The Bertz CT molecular complexity index is 336. The first kappa shape index (κ1) is 12.4. The van der Waals surface area contributed by atoms with E-state index in [-0.39, 0.29) is 6.04 Å². The summed E-state index contributed by atoms with van der Waals surface area (Å²) >= 11 is 0. The fourth-order valence-electron chi connectivity index (χ4n) is 2.85. The lowest BCUT2D eigenvalue weighted by Gasteiger charge is -2.22. The minimum atomic E-state index is 0.284. The highest BCUT2D eigenvalue weighted by Crippen LogP contribution is 2.38. The number of hydrogen-bond donors (Lipinski definition) is 1. The van der Waals surface area contributed by atoms with Crippen molar-refractivity contribution in [2.75, 3.05) is 18.0 Å². The number of rotatable bonds is 4. The van der Waals surface area contributed by atoms with Crippen molar-refractivity contribution in [1.29, 1.82) is 0 Å². The maximum atomic E-state index is 5.96. The van der Waals surface area contributed by atoms with Crippen LogP contribution in [-0.4, -0.2) is 19.1 Å². The van der Waals surface area contributed by atoms with Crippen molar-refractivity contribution in [1.82, 2.24) is 0 Å². The summed E-state index contributed by atoms with van der Waals surface area (Å²) in [7, 11) is 0. The summed E-state index contributed by atoms with van der Waals surface area (Å²) in [5, 5.41) is 0. The highest BCUT2D eigenvalue weighted by atomic mass is 15.2. The molecular formula is C15H24N2. The van der Waals surface area contributed by atoms with Crippen LogP contribution in [0.5, 0.6) is 0 Å². The minimum Gasteiger partial charge on any atom is -0.370 e. The second kappa shape index (κ2) is 5.09. The van der Waals surface area contributed by atoms with Crippen LogP contribution in [-0.2, 0) is 0 Å². The number of benzene rings is 1. The molecule has 17 heavy (non-hydrogen) atoms. The first-order valence-corrected chi connectivity index (χ1v) is 6.67. The SMILES string of the molecule is CC(C)CN1CC(CC(C)N)c2ccccc21. The van der Waals surface area contributed by atoms with E-state index in [1.807, 2.05) is 0 Å². The van der Waals surface area contributed by atoms with Gasteiger partial charge in [-0.05, 0) is 30.9 Å². The number of anilines is 1. The largest absolute Gasteiger partial charge is 0.370 e. The Morgan fingerprint density at radius 1 is 1.29 bits per heavy atom. The number of fused-ring (bicyclic) bond motifs is 1. The third-order valence-corrected chi connectivity index (χ3v) is 3.40. The Balaban J connectivity index is 2.20. The molecule has 1 aromatic carbocycles. The molecule has 0 bridgehead atoms. The van der Waals surface area contributed by atoms with E-state index in [2.05, 4.69) is 49.9 Å². The summed E-state index contributed by atoms with van der Waals surface area (Å²) in [6, 6.07) is 9.08. The van der Waals surface area contributed by atoms with E-state index < -0.39 is 0 Å². The molecule has 0 aliphatic carbocycles. The van der Waals surface area contributed by atoms with Crippen molar-refractivity contribution in [2.45, 2.75) is 39.2 Å². The maximum absolute atomic E-state index is 5.96. The fraction of sp³-hybridized carbons (Fsp3) is 0.600. The summed E-state index contributed by atoms with van der Waals surface area (Å²) < 4.78 is 0. The van der Waals surface area contributed by atoms with E-state index >= 15 is 0 Å². The van der Waals surface area contributed by atoms with E-state index in [1.54, 1.807) is 0 Å². The average Bonchev–Trinajstić information content (AvgIpc) is 2.56. The van der Waals surface area contributed by atoms with Crippen molar-refractivity contribution in [2.24, 2.45) is 11.7 Å².